The second kappa shape index (κ2) is 5.97. The molecule has 2 atom stereocenters. The fourth-order valence-electron chi connectivity index (χ4n) is 1.75. The van der Waals surface area contributed by atoms with Crippen LogP contribution in [0.25, 0.3) is 0 Å². The van der Waals surface area contributed by atoms with Gasteiger partial charge >= 0.3 is 5.97 Å². The first kappa shape index (κ1) is 15.4. The number of esters is 1. The number of nitrogens with two attached hydrogens (primary N) is 1. The van der Waals surface area contributed by atoms with E-state index in [0.29, 0.717) is 0 Å². The van der Waals surface area contributed by atoms with Crippen molar-refractivity contribution in [3.63, 3.8) is 0 Å². The van der Waals surface area contributed by atoms with Crippen LogP contribution in [0.2, 0.25) is 0 Å². The van der Waals surface area contributed by atoms with Crippen LogP contribution in [-0.4, -0.2) is 24.7 Å². The molecule has 4 nitrogen and oxygen atoms in total. The van der Waals surface area contributed by atoms with Crippen molar-refractivity contribution in [3.05, 3.63) is 29.8 Å². The van der Waals surface area contributed by atoms with Gasteiger partial charge in [-0.1, -0.05) is 6.07 Å². The van der Waals surface area contributed by atoms with Gasteiger partial charge in [-0.05, 0) is 26.0 Å². The minimum absolute atomic E-state index is 0.107. The second-order valence-corrected chi connectivity index (χ2v) is 4.59. The van der Waals surface area contributed by atoms with Gasteiger partial charge < -0.3 is 15.2 Å². The lowest BCUT2D eigenvalue weighted by Crippen LogP contribution is -2.48. The molecule has 0 spiro atoms. The van der Waals surface area contributed by atoms with Crippen LogP contribution in [0.1, 0.15) is 20.3 Å². The Hall–Kier alpha value is -1.69. The number of carbonyl (C=O) groups is 1. The van der Waals surface area contributed by atoms with E-state index in [0.717, 1.165) is 6.07 Å². The summed E-state index contributed by atoms with van der Waals surface area (Å²) in [6.45, 7) is 3.10. The number of rotatable bonds is 5. The van der Waals surface area contributed by atoms with E-state index in [4.69, 9.17) is 10.5 Å². The van der Waals surface area contributed by atoms with Gasteiger partial charge in [0.25, 0.3) is 0 Å². The number of carbonyl (C=O) groups excluding carboxylic acids is 1. The fourth-order valence-corrected chi connectivity index (χ4v) is 1.75. The summed E-state index contributed by atoms with van der Waals surface area (Å²) in [5.74, 6) is -2.87. The molecule has 0 aromatic heterocycles. The van der Waals surface area contributed by atoms with Gasteiger partial charge in [-0.2, -0.15) is 4.39 Å². The highest BCUT2D eigenvalue weighted by atomic mass is 19.2. The van der Waals surface area contributed by atoms with Crippen LogP contribution in [0.15, 0.2) is 18.2 Å². The van der Waals surface area contributed by atoms with E-state index in [9.17, 15) is 13.6 Å². The summed E-state index contributed by atoms with van der Waals surface area (Å²) in [5, 5.41) is 0. The van der Waals surface area contributed by atoms with Gasteiger partial charge in [0.1, 0.15) is 5.54 Å². The first-order chi connectivity index (χ1) is 8.77. The summed E-state index contributed by atoms with van der Waals surface area (Å²) in [4.78, 5) is 11.4. The fraction of sp³-hybridized carbons (Fsp3) is 0.462. The molecule has 0 aliphatic heterocycles. The molecule has 0 aliphatic carbocycles. The molecule has 0 saturated heterocycles. The van der Waals surface area contributed by atoms with Crippen molar-refractivity contribution in [1.82, 2.24) is 0 Å². The Morgan fingerprint density at radius 3 is 2.68 bits per heavy atom. The van der Waals surface area contributed by atoms with Gasteiger partial charge in [-0.15, -0.1) is 0 Å². The average Bonchev–Trinajstić information content (AvgIpc) is 2.33. The molecule has 0 saturated carbocycles. The normalized spacial score (nSPS) is 15.5. The monoisotopic (exact) mass is 273 g/mol. The summed E-state index contributed by atoms with van der Waals surface area (Å²) < 4.78 is 36.2. The molecule has 1 aromatic rings. The zero-order valence-corrected chi connectivity index (χ0v) is 11.1. The maximum Gasteiger partial charge on any atom is 0.325 e. The highest BCUT2D eigenvalue weighted by Gasteiger charge is 2.32. The van der Waals surface area contributed by atoms with Gasteiger partial charge in [-0.3, -0.25) is 4.79 Å². The van der Waals surface area contributed by atoms with Crippen LogP contribution in [0.3, 0.4) is 0 Å². The minimum Gasteiger partial charge on any atom is -0.487 e. The van der Waals surface area contributed by atoms with Gasteiger partial charge in [0.05, 0.1) is 13.2 Å². The van der Waals surface area contributed by atoms with E-state index in [2.05, 4.69) is 4.74 Å². The van der Waals surface area contributed by atoms with Gasteiger partial charge in [0.2, 0.25) is 5.82 Å². The molecule has 0 bridgehead atoms. The summed E-state index contributed by atoms with van der Waals surface area (Å²) in [5.41, 5.74) is 4.52. The Morgan fingerprint density at radius 1 is 1.47 bits per heavy atom. The molecule has 106 valence electrons. The summed E-state index contributed by atoms with van der Waals surface area (Å²) >= 11 is 0. The molecule has 0 fully saturated rings. The zero-order valence-electron chi connectivity index (χ0n) is 11.1. The highest BCUT2D eigenvalue weighted by Crippen LogP contribution is 2.22. The predicted molar refractivity (Wildman–Crippen MR) is 65.7 cm³/mol. The standard InChI is InChI=1S/C13H17F2NO3/c1-8(7-13(2,16)12(17)18-3)19-10-6-4-5-9(14)11(10)15/h4-6,8H,7,16H2,1-3H3. The molecule has 2 N–H and O–H groups in total. The summed E-state index contributed by atoms with van der Waals surface area (Å²) in [6.07, 6.45) is -0.472. The molecular formula is C13H17F2NO3. The molecule has 2 unspecified atom stereocenters. The van der Waals surface area contributed by atoms with Gasteiger partial charge in [0.15, 0.2) is 11.6 Å². The van der Waals surface area contributed by atoms with Gasteiger partial charge in [-0.25, -0.2) is 4.39 Å². The third-order valence-electron chi connectivity index (χ3n) is 2.61. The van der Waals surface area contributed by atoms with E-state index in [1.807, 2.05) is 0 Å². The first-order valence-electron chi connectivity index (χ1n) is 5.76. The van der Waals surface area contributed by atoms with E-state index < -0.39 is 29.2 Å². The van der Waals surface area contributed by atoms with Crippen molar-refractivity contribution in [2.45, 2.75) is 31.9 Å². The number of hydrogen-bond donors (Lipinski definition) is 1. The van der Waals surface area contributed by atoms with Crippen molar-refractivity contribution in [3.8, 4) is 5.75 Å². The van der Waals surface area contributed by atoms with E-state index >= 15 is 0 Å². The van der Waals surface area contributed by atoms with Crippen LogP contribution in [0, 0.1) is 11.6 Å². The molecule has 1 rings (SSSR count). The number of halogens is 2. The van der Waals surface area contributed by atoms with Crippen molar-refractivity contribution in [1.29, 1.82) is 0 Å². The van der Waals surface area contributed by atoms with E-state index in [1.165, 1.54) is 26.2 Å². The van der Waals surface area contributed by atoms with E-state index in [1.54, 1.807) is 6.92 Å². The van der Waals surface area contributed by atoms with Crippen LogP contribution < -0.4 is 10.5 Å². The number of methoxy groups -OCH3 is 1. The van der Waals surface area contributed by atoms with Crippen molar-refractivity contribution in [2.24, 2.45) is 5.73 Å². The smallest absolute Gasteiger partial charge is 0.325 e. The lowest BCUT2D eigenvalue weighted by molar-refractivity contribution is -0.147. The first-order valence-corrected chi connectivity index (χ1v) is 5.76. The van der Waals surface area contributed by atoms with Crippen LogP contribution >= 0.6 is 0 Å². The van der Waals surface area contributed by atoms with Crippen LogP contribution in [-0.2, 0) is 9.53 Å². The topological polar surface area (TPSA) is 61.5 Å². The Balaban J connectivity index is 2.73. The van der Waals surface area contributed by atoms with Crippen molar-refractivity contribution in [2.75, 3.05) is 7.11 Å². The van der Waals surface area contributed by atoms with Crippen molar-refractivity contribution < 1.29 is 23.0 Å². The number of benzene rings is 1. The molecule has 0 aliphatic rings. The Kier molecular flexibility index (Phi) is 4.83. The Bertz CT molecular complexity index is 463. The lowest BCUT2D eigenvalue weighted by Gasteiger charge is -2.25. The predicted octanol–water partition coefficient (Wildman–Crippen LogP) is 2.01. The third-order valence-corrected chi connectivity index (χ3v) is 2.61. The number of ether oxygens (including phenoxy) is 2. The van der Waals surface area contributed by atoms with Crippen molar-refractivity contribution >= 4 is 5.97 Å². The largest absolute Gasteiger partial charge is 0.487 e. The average molecular weight is 273 g/mol. The maximum atomic E-state index is 13.4. The van der Waals surface area contributed by atoms with Crippen LogP contribution in [0.4, 0.5) is 8.78 Å². The molecule has 19 heavy (non-hydrogen) atoms. The molecule has 0 heterocycles. The molecule has 0 amide bonds. The second-order valence-electron chi connectivity index (χ2n) is 4.59. The summed E-state index contributed by atoms with van der Waals surface area (Å²) in [6, 6.07) is 3.64. The van der Waals surface area contributed by atoms with Gasteiger partial charge in [0, 0.05) is 6.42 Å². The van der Waals surface area contributed by atoms with Crippen LogP contribution in [0.5, 0.6) is 5.75 Å². The molecular weight excluding hydrogens is 256 g/mol. The zero-order chi connectivity index (χ0) is 14.6. The Morgan fingerprint density at radius 2 is 2.11 bits per heavy atom. The lowest BCUT2D eigenvalue weighted by atomic mass is 9.96. The maximum absolute atomic E-state index is 13.4. The SMILES string of the molecule is COC(=O)C(C)(N)CC(C)Oc1cccc(F)c1F. The Labute approximate surface area is 110 Å². The number of hydrogen-bond acceptors (Lipinski definition) is 4. The summed E-state index contributed by atoms with van der Waals surface area (Å²) in [7, 11) is 1.23. The molecule has 1 aromatic carbocycles. The van der Waals surface area contributed by atoms with E-state index in [-0.39, 0.29) is 12.2 Å². The quantitative estimate of drug-likeness (QED) is 0.834. The molecule has 6 heteroatoms. The third kappa shape index (κ3) is 3.89. The molecule has 0 radical (unpaired) electrons. The highest BCUT2D eigenvalue weighted by molar-refractivity contribution is 5.79. The minimum atomic E-state index is -1.25.